The molecule has 0 aromatic rings. The lowest BCUT2D eigenvalue weighted by molar-refractivity contribution is -0.138. The third kappa shape index (κ3) is 2.95. The van der Waals surface area contributed by atoms with Crippen molar-refractivity contribution in [1.29, 1.82) is 0 Å². The first-order chi connectivity index (χ1) is 8.06. The Kier molecular flexibility index (Phi) is 3.63. The highest BCUT2D eigenvalue weighted by molar-refractivity contribution is 5.81. The molecule has 6 heteroatoms. The number of amides is 2. The smallest absolute Gasteiger partial charge is 0.236 e. The summed E-state index contributed by atoms with van der Waals surface area (Å²) in [6.07, 6.45) is 1.33. The van der Waals surface area contributed by atoms with E-state index in [-0.39, 0.29) is 23.8 Å². The van der Waals surface area contributed by atoms with Crippen molar-refractivity contribution in [3.05, 3.63) is 0 Å². The van der Waals surface area contributed by atoms with E-state index in [9.17, 15) is 9.59 Å². The molecule has 2 aliphatic heterocycles. The number of hydrogen-bond acceptors (Lipinski definition) is 4. The molecule has 17 heavy (non-hydrogen) atoms. The highest BCUT2D eigenvalue weighted by Crippen LogP contribution is 2.17. The highest BCUT2D eigenvalue weighted by atomic mass is 16.3. The largest absolute Gasteiger partial charge is 0.390 e. The summed E-state index contributed by atoms with van der Waals surface area (Å²) in [6, 6.07) is 0. The van der Waals surface area contributed by atoms with Gasteiger partial charge >= 0.3 is 0 Å². The molecule has 0 aliphatic carbocycles. The molecule has 1 unspecified atom stereocenters. The lowest BCUT2D eigenvalue weighted by atomic mass is 9.97. The van der Waals surface area contributed by atoms with Gasteiger partial charge in [0.2, 0.25) is 11.8 Å². The molecule has 2 amide bonds. The van der Waals surface area contributed by atoms with Crippen LogP contribution in [0.1, 0.15) is 12.8 Å². The Labute approximate surface area is 100 Å². The lowest BCUT2D eigenvalue weighted by Crippen LogP contribution is -2.55. The molecule has 0 radical (unpaired) electrons. The quantitative estimate of drug-likeness (QED) is 0.622. The van der Waals surface area contributed by atoms with Gasteiger partial charge in [0.1, 0.15) is 0 Å². The van der Waals surface area contributed by atoms with Crippen LogP contribution in [0, 0.1) is 5.92 Å². The number of likely N-dealkylation sites (tertiary alicyclic amines) is 2. The van der Waals surface area contributed by atoms with E-state index in [0.717, 1.165) is 12.8 Å². The third-order valence-corrected chi connectivity index (χ3v) is 3.47. The van der Waals surface area contributed by atoms with Crippen LogP contribution in [0.3, 0.4) is 0 Å². The minimum Gasteiger partial charge on any atom is -0.390 e. The Morgan fingerprint density at radius 3 is 2.59 bits per heavy atom. The maximum atomic E-state index is 11.9. The first kappa shape index (κ1) is 12.3. The van der Waals surface area contributed by atoms with E-state index >= 15 is 0 Å². The van der Waals surface area contributed by atoms with Crippen molar-refractivity contribution in [2.24, 2.45) is 11.7 Å². The fourth-order valence-electron chi connectivity index (χ4n) is 2.40. The number of aliphatic hydroxyl groups excluding tert-OH is 1. The minimum atomic E-state index is -0.318. The van der Waals surface area contributed by atoms with Gasteiger partial charge in [-0.3, -0.25) is 14.5 Å². The minimum absolute atomic E-state index is 0.0304. The highest BCUT2D eigenvalue weighted by Gasteiger charge is 2.31. The molecule has 0 spiro atoms. The van der Waals surface area contributed by atoms with Crippen LogP contribution < -0.4 is 5.73 Å². The van der Waals surface area contributed by atoms with Crippen LogP contribution in [0.4, 0.5) is 0 Å². The summed E-state index contributed by atoms with van der Waals surface area (Å²) in [5, 5.41) is 9.13. The number of rotatable bonds is 3. The standard InChI is InChI=1S/C11H19N3O3/c12-11(17)8-2-1-3-14(4-8)10(16)7-13-5-9(15)6-13/h8-9,15H,1-7H2,(H2,12,17). The number of primary amides is 1. The van der Waals surface area contributed by atoms with Gasteiger partial charge < -0.3 is 15.7 Å². The molecule has 0 aromatic carbocycles. The van der Waals surface area contributed by atoms with Crippen molar-refractivity contribution in [1.82, 2.24) is 9.80 Å². The number of nitrogens with zero attached hydrogens (tertiary/aromatic N) is 2. The van der Waals surface area contributed by atoms with Crippen molar-refractivity contribution >= 4 is 11.8 Å². The Hall–Kier alpha value is -1.14. The number of nitrogens with two attached hydrogens (primary N) is 1. The number of β-amino-alcohol motifs (C(OH)–C–C–N with tert-alkyl or cyclic N) is 1. The Morgan fingerprint density at radius 2 is 2.00 bits per heavy atom. The van der Waals surface area contributed by atoms with Gasteiger partial charge in [0.25, 0.3) is 0 Å². The van der Waals surface area contributed by atoms with Crippen molar-refractivity contribution in [3.63, 3.8) is 0 Å². The lowest BCUT2D eigenvalue weighted by Gasteiger charge is -2.38. The Morgan fingerprint density at radius 1 is 1.29 bits per heavy atom. The molecule has 1 atom stereocenters. The van der Waals surface area contributed by atoms with E-state index in [1.165, 1.54) is 0 Å². The molecule has 2 heterocycles. The molecule has 2 saturated heterocycles. The van der Waals surface area contributed by atoms with E-state index in [2.05, 4.69) is 0 Å². The van der Waals surface area contributed by atoms with Crippen molar-refractivity contribution < 1.29 is 14.7 Å². The van der Waals surface area contributed by atoms with E-state index in [0.29, 0.717) is 32.7 Å². The normalized spacial score (nSPS) is 26.6. The van der Waals surface area contributed by atoms with Gasteiger partial charge in [-0.1, -0.05) is 0 Å². The zero-order chi connectivity index (χ0) is 12.4. The first-order valence-corrected chi connectivity index (χ1v) is 6.04. The average Bonchev–Trinajstić information content (AvgIpc) is 2.27. The summed E-state index contributed by atoms with van der Waals surface area (Å²) in [5.74, 6) is -0.487. The second-order valence-electron chi connectivity index (χ2n) is 4.93. The second kappa shape index (κ2) is 5.01. The maximum absolute atomic E-state index is 11.9. The third-order valence-electron chi connectivity index (χ3n) is 3.47. The van der Waals surface area contributed by atoms with Crippen LogP contribution in [0.2, 0.25) is 0 Å². The summed E-state index contributed by atoms with van der Waals surface area (Å²) < 4.78 is 0. The molecule has 2 fully saturated rings. The topological polar surface area (TPSA) is 86.9 Å². The van der Waals surface area contributed by atoms with Crippen LogP contribution in [0.25, 0.3) is 0 Å². The van der Waals surface area contributed by atoms with E-state index in [1.807, 2.05) is 4.90 Å². The van der Waals surface area contributed by atoms with E-state index in [4.69, 9.17) is 10.8 Å². The molecule has 0 bridgehead atoms. The van der Waals surface area contributed by atoms with Gasteiger partial charge in [-0.05, 0) is 12.8 Å². The molecule has 3 N–H and O–H groups in total. The van der Waals surface area contributed by atoms with Gasteiger partial charge in [0.15, 0.2) is 0 Å². The second-order valence-corrected chi connectivity index (χ2v) is 4.93. The van der Waals surface area contributed by atoms with Gasteiger partial charge in [0.05, 0.1) is 18.6 Å². The van der Waals surface area contributed by atoms with Crippen molar-refractivity contribution in [2.75, 3.05) is 32.7 Å². The van der Waals surface area contributed by atoms with Gasteiger partial charge in [-0.25, -0.2) is 0 Å². The summed E-state index contributed by atoms with van der Waals surface area (Å²) in [4.78, 5) is 26.6. The molecule has 0 aromatic heterocycles. The molecule has 0 saturated carbocycles. The van der Waals surface area contributed by atoms with Crippen LogP contribution in [-0.2, 0) is 9.59 Å². The van der Waals surface area contributed by atoms with E-state index in [1.54, 1.807) is 4.90 Å². The number of aliphatic hydroxyl groups is 1. The van der Waals surface area contributed by atoms with Crippen LogP contribution >= 0.6 is 0 Å². The van der Waals surface area contributed by atoms with Crippen molar-refractivity contribution in [2.45, 2.75) is 18.9 Å². The van der Waals surface area contributed by atoms with Crippen LogP contribution in [0.15, 0.2) is 0 Å². The maximum Gasteiger partial charge on any atom is 0.236 e. The molecular weight excluding hydrogens is 222 g/mol. The molecule has 96 valence electrons. The SMILES string of the molecule is NC(=O)C1CCCN(C(=O)CN2CC(O)C2)C1. The number of hydrogen-bond donors (Lipinski definition) is 2. The number of piperidine rings is 1. The molecule has 2 rings (SSSR count). The predicted molar refractivity (Wildman–Crippen MR) is 60.9 cm³/mol. The van der Waals surface area contributed by atoms with Crippen LogP contribution in [-0.4, -0.2) is 65.5 Å². The van der Waals surface area contributed by atoms with Gasteiger partial charge in [-0.2, -0.15) is 0 Å². The summed E-state index contributed by atoms with van der Waals surface area (Å²) in [6.45, 7) is 2.63. The molecule has 2 aliphatic rings. The molecular formula is C11H19N3O3. The summed E-state index contributed by atoms with van der Waals surface area (Å²) >= 11 is 0. The first-order valence-electron chi connectivity index (χ1n) is 6.04. The van der Waals surface area contributed by atoms with Crippen molar-refractivity contribution in [3.8, 4) is 0 Å². The summed E-state index contributed by atoms with van der Waals surface area (Å²) in [5.41, 5.74) is 5.27. The van der Waals surface area contributed by atoms with Crippen LogP contribution in [0.5, 0.6) is 0 Å². The van der Waals surface area contributed by atoms with E-state index < -0.39 is 0 Å². The monoisotopic (exact) mass is 241 g/mol. The summed E-state index contributed by atoms with van der Waals surface area (Å²) in [7, 11) is 0. The molecule has 6 nitrogen and oxygen atoms in total. The Balaban J connectivity index is 1.80. The average molecular weight is 241 g/mol. The fourth-order valence-corrected chi connectivity index (χ4v) is 2.40. The zero-order valence-electron chi connectivity index (χ0n) is 9.84. The van der Waals surface area contributed by atoms with Gasteiger partial charge in [0, 0.05) is 26.2 Å². The zero-order valence-corrected chi connectivity index (χ0v) is 9.84. The fraction of sp³-hybridized carbons (Fsp3) is 0.818. The number of carbonyl (C=O) groups excluding carboxylic acids is 2. The number of carbonyl (C=O) groups is 2. The predicted octanol–water partition coefficient (Wildman–Crippen LogP) is -1.61. The Bertz CT molecular complexity index is 315. The van der Waals surface area contributed by atoms with Gasteiger partial charge in [-0.15, -0.1) is 0 Å².